The summed E-state index contributed by atoms with van der Waals surface area (Å²) in [4.78, 5) is 27.3. The second kappa shape index (κ2) is 8.29. The summed E-state index contributed by atoms with van der Waals surface area (Å²) in [5.41, 5.74) is 1.11. The fourth-order valence-electron chi connectivity index (χ4n) is 3.27. The molecule has 0 aliphatic carbocycles. The van der Waals surface area contributed by atoms with Gasteiger partial charge in [0.15, 0.2) is 4.34 Å². The van der Waals surface area contributed by atoms with Crippen molar-refractivity contribution in [3.63, 3.8) is 0 Å². The average molecular weight is 440 g/mol. The minimum Gasteiger partial charge on any atom is -0.507 e. The van der Waals surface area contributed by atoms with Crippen LogP contribution in [-0.4, -0.2) is 40.4 Å². The maximum atomic E-state index is 13.0. The fourth-order valence-corrected chi connectivity index (χ4v) is 4.55. The summed E-state index contributed by atoms with van der Waals surface area (Å²) >= 11 is 2.62. The Morgan fingerprint density at radius 2 is 1.80 bits per heavy atom. The molecular weight excluding hydrogens is 422 g/mol. The molecule has 0 spiro atoms. The molecule has 3 aromatic rings. The van der Waals surface area contributed by atoms with Crippen LogP contribution in [0.25, 0.3) is 5.76 Å². The predicted octanol–water partition coefficient (Wildman–Crippen LogP) is 3.89. The fraction of sp³-hybridized carbons (Fsp3) is 0.143. The summed E-state index contributed by atoms with van der Waals surface area (Å²) in [5.74, 6) is -1.11. The molecule has 1 fully saturated rings. The van der Waals surface area contributed by atoms with E-state index in [1.54, 1.807) is 55.6 Å². The van der Waals surface area contributed by atoms with Crippen LogP contribution in [0.1, 0.15) is 17.2 Å². The van der Waals surface area contributed by atoms with Gasteiger partial charge in [0.25, 0.3) is 5.78 Å². The number of aliphatic hydroxyl groups excluding tert-OH is 1. The predicted molar refractivity (Wildman–Crippen MR) is 116 cm³/mol. The molecule has 0 radical (unpaired) electrons. The number of rotatable bonds is 5. The number of benzene rings is 2. The number of aliphatic hydroxyl groups is 1. The summed E-state index contributed by atoms with van der Waals surface area (Å²) in [7, 11) is 1.56. The van der Waals surface area contributed by atoms with Gasteiger partial charge in [0, 0.05) is 5.56 Å². The van der Waals surface area contributed by atoms with Gasteiger partial charge in [-0.25, -0.2) is 0 Å². The molecule has 1 aliphatic heterocycles. The zero-order valence-corrected chi connectivity index (χ0v) is 17.7. The maximum absolute atomic E-state index is 13.0. The first-order valence-corrected chi connectivity index (χ1v) is 11.0. The normalized spacial score (nSPS) is 18.1. The molecule has 0 saturated carbocycles. The Morgan fingerprint density at radius 3 is 2.40 bits per heavy atom. The number of ketones is 1. The summed E-state index contributed by atoms with van der Waals surface area (Å²) in [6.07, 6.45) is 1.86. The Labute approximate surface area is 181 Å². The Bertz CT molecular complexity index is 1130. The number of methoxy groups -OCH3 is 1. The number of carbonyl (C=O) groups excluding carboxylic acids is 2. The number of aromatic nitrogens is 2. The molecule has 7 nitrogen and oxygen atoms in total. The Kier molecular flexibility index (Phi) is 5.56. The number of anilines is 1. The van der Waals surface area contributed by atoms with Crippen molar-refractivity contribution in [3.8, 4) is 5.75 Å². The highest BCUT2D eigenvalue weighted by atomic mass is 32.2. The molecule has 1 saturated heterocycles. The van der Waals surface area contributed by atoms with Gasteiger partial charge in [-0.05, 0) is 24.0 Å². The Hall–Kier alpha value is -3.17. The van der Waals surface area contributed by atoms with Crippen molar-refractivity contribution >= 4 is 45.7 Å². The first-order chi connectivity index (χ1) is 14.5. The Morgan fingerprint density at radius 1 is 1.10 bits per heavy atom. The third-order valence-corrected chi connectivity index (χ3v) is 6.60. The molecule has 1 N–H and O–H groups in total. The van der Waals surface area contributed by atoms with Crippen LogP contribution in [0.5, 0.6) is 5.75 Å². The van der Waals surface area contributed by atoms with Gasteiger partial charge in [0.1, 0.15) is 11.5 Å². The second-order valence-electron chi connectivity index (χ2n) is 6.36. The molecule has 30 heavy (non-hydrogen) atoms. The van der Waals surface area contributed by atoms with Crippen molar-refractivity contribution in [3.05, 3.63) is 71.3 Å². The lowest BCUT2D eigenvalue weighted by Crippen LogP contribution is -2.29. The van der Waals surface area contributed by atoms with Crippen LogP contribution < -0.4 is 9.64 Å². The molecule has 1 amide bonds. The molecule has 2 heterocycles. The lowest BCUT2D eigenvalue weighted by atomic mass is 9.95. The first kappa shape index (κ1) is 20.1. The van der Waals surface area contributed by atoms with Crippen LogP contribution in [0.4, 0.5) is 5.13 Å². The molecule has 152 valence electrons. The molecule has 9 heteroatoms. The minimum absolute atomic E-state index is 0.0114. The number of thioether (sulfide) groups is 1. The summed E-state index contributed by atoms with van der Waals surface area (Å²) in [6.45, 7) is 0. The van der Waals surface area contributed by atoms with E-state index in [0.717, 1.165) is 0 Å². The molecule has 1 unspecified atom stereocenters. The third kappa shape index (κ3) is 3.46. The van der Waals surface area contributed by atoms with Gasteiger partial charge in [0.05, 0.1) is 18.7 Å². The van der Waals surface area contributed by atoms with Gasteiger partial charge in [-0.3, -0.25) is 14.5 Å². The standard InChI is InChI=1S/C21H17N3O4S2/c1-28-14-10-8-12(9-11-14)16-15(17(25)13-6-4-3-5-7-13)18(26)19(27)24(16)20-22-23-21(29-2)30-20/h3-11,16,25H,1-2H3/b17-15+. The average Bonchev–Trinajstić information content (AvgIpc) is 3.36. The number of carbonyl (C=O) groups is 2. The van der Waals surface area contributed by atoms with Crippen LogP contribution in [0.3, 0.4) is 0 Å². The van der Waals surface area contributed by atoms with Crippen LogP contribution in [0.2, 0.25) is 0 Å². The SMILES string of the molecule is COc1ccc(C2/C(=C(\O)c3ccccc3)C(=O)C(=O)N2c2nnc(SC)s2)cc1. The summed E-state index contributed by atoms with van der Waals surface area (Å²) in [5, 5.41) is 19.4. The van der Waals surface area contributed by atoms with Crippen molar-refractivity contribution < 1.29 is 19.4 Å². The topological polar surface area (TPSA) is 92.6 Å². The quantitative estimate of drug-likeness (QED) is 0.212. The van der Waals surface area contributed by atoms with Gasteiger partial charge in [-0.2, -0.15) is 0 Å². The van der Waals surface area contributed by atoms with E-state index in [4.69, 9.17) is 4.74 Å². The minimum atomic E-state index is -0.834. The third-order valence-electron chi connectivity index (χ3n) is 4.70. The zero-order chi connectivity index (χ0) is 21.3. The lowest BCUT2D eigenvalue weighted by Gasteiger charge is -2.22. The molecule has 1 atom stereocenters. The van der Waals surface area contributed by atoms with Crippen LogP contribution in [0, 0.1) is 0 Å². The van der Waals surface area contributed by atoms with E-state index in [1.807, 2.05) is 12.3 Å². The van der Waals surface area contributed by atoms with E-state index < -0.39 is 17.7 Å². The van der Waals surface area contributed by atoms with Crippen molar-refractivity contribution in [1.29, 1.82) is 0 Å². The van der Waals surface area contributed by atoms with E-state index in [9.17, 15) is 14.7 Å². The van der Waals surface area contributed by atoms with E-state index in [2.05, 4.69) is 10.2 Å². The lowest BCUT2D eigenvalue weighted by molar-refractivity contribution is -0.132. The smallest absolute Gasteiger partial charge is 0.301 e. The summed E-state index contributed by atoms with van der Waals surface area (Å²) in [6, 6.07) is 14.9. The molecule has 4 rings (SSSR count). The molecule has 1 aromatic heterocycles. The molecule has 0 bridgehead atoms. The van der Waals surface area contributed by atoms with Crippen LogP contribution in [0.15, 0.2) is 64.5 Å². The largest absolute Gasteiger partial charge is 0.507 e. The van der Waals surface area contributed by atoms with E-state index in [1.165, 1.54) is 28.0 Å². The van der Waals surface area contributed by atoms with Gasteiger partial charge in [-0.1, -0.05) is 65.6 Å². The van der Waals surface area contributed by atoms with Gasteiger partial charge < -0.3 is 9.84 Å². The van der Waals surface area contributed by atoms with E-state index >= 15 is 0 Å². The summed E-state index contributed by atoms with van der Waals surface area (Å²) < 4.78 is 5.88. The van der Waals surface area contributed by atoms with Gasteiger partial charge in [0.2, 0.25) is 5.13 Å². The van der Waals surface area contributed by atoms with Crippen molar-refractivity contribution in [2.45, 2.75) is 10.4 Å². The first-order valence-electron chi connectivity index (χ1n) is 8.93. The number of Topliss-reactive ketones (excluding diaryl/α,β-unsaturated/α-hetero) is 1. The number of amides is 1. The number of hydrogen-bond acceptors (Lipinski definition) is 8. The molecule has 1 aliphatic rings. The Balaban J connectivity index is 1.91. The van der Waals surface area contributed by atoms with Gasteiger partial charge >= 0.3 is 5.91 Å². The zero-order valence-electron chi connectivity index (χ0n) is 16.1. The number of ether oxygens (including phenoxy) is 1. The highest BCUT2D eigenvalue weighted by Crippen LogP contribution is 2.43. The van der Waals surface area contributed by atoms with Crippen molar-refractivity contribution in [1.82, 2.24) is 10.2 Å². The second-order valence-corrected chi connectivity index (χ2v) is 8.37. The highest BCUT2D eigenvalue weighted by Gasteiger charge is 2.48. The molecule has 2 aromatic carbocycles. The number of hydrogen-bond donors (Lipinski definition) is 1. The van der Waals surface area contributed by atoms with E-state index in [0.29, 0.717) is 26.3 Å². The van der Waals surface area contributed by atoms with E-state index in [-0.39, 0.29) is 11.3 Å². The highest BCUT2D eigenvalue weighted by molar-refractivity contribution is 8.00. The van der Waals surface area contributed by atoms with Crippen molar-refractivity contribution in [2.24, 2.45) is 0 Å². The number of nitrogens with zero attached hydrogens (tertiary/aromatic N) is 3. The molecular formula is C21H17N3O4S2. The maximum Gasteiger partial charge on any atom is 0.301 e. The van der Waals surface area contributed by atoms with Crippen LogP contribution in [-0.2, 0) is 9.59 Å². The van der Waals surface area contributed by atoms with Crippen molar-refractivity contribution in [2.75, 3.05) is 18.3 Å². The van der Waals surface area contributed by atoms with Gasteiger partial charge in [-0.15, -0.1) is 10.2 Å². The monoisotopic (exact) mass is 439 g/mol. The van der Waals surface area contributed by atoms with Crippen LogP contribution >= 0.6 is 23.1 Å².